The summed E-state index contributed by atoms with van der Waals surface area (Å²) in [5, 5.41) is 2.82. The van der Waals surface area contributed by atoms with Crippen LogP contribution in [0.2, 0.25) is 0 Å². The number of pyridine rings is 1. The highest BCUT2D eigenvalue weighted by molar-refractivity contribution is 5.92. The first kappa shape index (κ1) is 18.9. The number of hydrogen-bond donors (Lipinski definition) is 2. The van der Waals surface area contributed by atoms with E-state index < -0.39 is 0 Å². The molecular formula is C17H22ClN3O2. The molecule has 0 aliphatic rings. The quantitative estimate of drug-likeness (QED) is 0.881. The summed E-state index contributed by atoms with van der Waals surface area (Å²) in [4.78, 5) is 23.9. The Bertz CT molecular complexity index is 700. The lowest BCUT2D eigenvalue weighted by atomic mass is 9.94. The second-order valence-corrected chi connectivity index (χ2v) is 5.26. The van der Waals surface area contributed by atoms with Crippen molar-refractivity contribution >= 4 is 24.0 Å². The maximum Gasteiger partial charge on any atom is 0.250 e. The number of benzene rings is 1. The van der Waals surface area contributed by atoms with Gasteiger partial charge in [-0.15, -0.1) is 12.4 Å². The minimum atomic E-state index is -0.385. The summed E-state index contributed by atoms with van der Waals surface area (Å²) < 4.78 is 1.54. The Morgan fingerprint density at radius 3 is 2.48 bits per heavy atom. The monoisotopic (exact) mass is 335 g/mol. The molecule has 1 amide bonds. The Morgan fingerprint density at radius 1 is 1.22 bits per heavy atom. The zero-order valence-corrected chi connectivity index (χ0v) is 14.0. The number of nitrogens with one attached hydrogen (secondary N) is 1. The predicted molar refractivity (Wildman–Crippen MR) is 94.8 cm³/mol. The van der Waals surface area contributed by atoms with E-state index >= 15 is 0 Å². The van der Waals surface area contributed by atoms with E-state index in [9.17, 15) is 9.59 Å². The maximum atomic E-state index is 12.3. The van der Waals surface area contributed by atoms with Gasteiger partial charge < -0.3 is 15.6 Å². The Hall–Kier alpha value is -2.11. The van der Waals surface area contributed by atoms with Crippen molar-refractivity contribution < 1.29 is 4.79 Å². The van der Waals surface area contributed by atoms with Crippen molar-refractivity contribution in [1.82, 2.24) is 4.57 Å². The van der Waals surface area contributed by atoms with E-state index in [0.29, 0.717) is 12.2 Å². The molecule has 0 fully saturated rings. The zero-order valence-electron chi connectivity index (χ0n) is 13.2. The molecule has 23 heavy (non-hydrogen) atoms. The molecule has 3 N–H and O–H groups in total. The average molecular weight is 336 g/mol. The van der Waals surface area contributed by atoms with E-state index in [0.717, 1.165) is 5.56 Å². The van der Waals surface area contributed by atoms with Gasteiger partial charge in [0.05, 0.1) is 11.6 Å². The van der Waals surface area contributed by atoms with Crippen LogP contribution in [0.5, 0.6) is 0 Å². The molecule has 1 heterocycles. The van der Waals surface area contributed by atoms with Gasteiger partial charge in [0.2, 0.25) is 5.91 Å². The maximum absolute atomic E-state index is 12.3. The molecule has 0 bridgehead atoms. The normalized spacial score (nSPS) is 12.8. The minimum absolute atomic E-state index is 0. The molecule has 2 aromatic rings. The molecule has 1 aromatic heterocycles. The lowest BCUT2D eigenvalue weighted by Crippen LogP contribution is -2.31. The Morgan fingerprint density at radius 2 is 1.87 bits per heavy atom. The molecule has 2 atom stereocenters. The highest BCUT2D eigenvalue weighted by Gasteiger charge is 2.22. The molecule has 1 aromatic carbocycles. The van der Waals surface area contributed by atoms with Crippen LogP contribution in [0.25, 0.3) is 0 Å². The number of nitrogens with two attached hydrogens (primary N) is 1. The van der Waals surface area contributed by atoms with Crippen LogP contribution in [0, 0.1) is 5.92 Å². The fraction of sp³-hybridized carbons (Fsp3) is 0.294. The first-order valence-corrected chi connectivity index (χ1v) is 7.34. The first-order chi connectivity index (χ1) is 10.5. The molecule has 0 radical (unpaired) electrons. The smallest absolute Gasteiger partial charge is 0.250 e. The van der Waals surface area contributed by atoms with E-state index in [-0.39, 0.29) is 35.8 Å². The average Bonchev–Trinajstić information content (AvgIpc) is 2.55. The van der Waals surface area contributed by atoms with Crippen LogP contribution >= 0.6 is 12.4 Å². The van der Waals surface area contributed by atoms with Crippen LogP contribution < -0.4 is 16.6 Å². The van der Waals surface area contributed by atoms with Crippen LogP contribution in [0.1, 0.15) is 25.5 Å². The third-order valence-electron chi connectivity index (χ3n) is 3.73. The summed E-state index contributed by atoms with van der Waals surface area (Å²) >= 11 is 0. The third kappa shape index (κ3) is 4.68. The number of carbonyl (C=O) groups is 1. The summed E-state index contributed by atoms with van der Waals surface area (Å²) in [7, 11) is 0. The Balaban J connectivity index is 0.00000264. The molecule has 0 aliphatic heterocycles. The highest BCUT2D eigenvalue weighted by Crippen LogP contribution is 2.20. The van der Waals surface area contributed by atoms with Gasteiger partial charge in [-0.3, -0.25) is 9.59 Å². The van der Waals surface area contributed by atoms with Gasteiger partial charge in [-0.25, -0.2) is 0 Å². The van der Waals surface area contributed by atoms with Crippen molar-refractivity contribution in [3.05, 3.63) is 64.6 Å². The molecule has 0 spiro atoms. The molecular weight excluding hydrogens is 314 g/mol. The lowest BCUT2D eigenvalue weighted by molar-refractivity contribution is -0.120. The Kier molecular flexibility index (Phi) is 7.00. The summed E-state index contributed by atoms with van der Waals surface area (Å²) in [6.45, 7) is 4.23. The summed E-state index contributed by atoms with van der Waals surface area (Å²) in [6.07, 6.45) is 1.64. The van der Waals surface area contributed by atoms with E-state index in [4.69, 9.17) is 5.73 Å². The standard InChI is InChI=1S/C17H21N3O2.ClH/c1-3-20-11-14(9-10-15(20)21)19-17(22)12(2)16(18)13-7-5-4-6-8-13;/h4-12,16H,3,18H2,1-2H3,(H,19,22);1H. The number of hydrogen-bond acceptors (Lipinski definition) is 3. The highest BCUT2D eigenvalue weighted by atomic mass is 35.5. The van der Waals surface area contributed by atoms with Crippen molar-refractivity contribution in [3.8, 4) is 0 Å². The SMILES string of the molecule is CCn1cc(NC(=O)C(C)C(N)c2ccccc2)ccc1=O.Cl. The van der Waals surface area contributed by atoms with Crippen molar-refractivity contribution in [1.29, 1.82) is 0 Å². The molecule has 0 saturated carbocycles. The van der Waals surface area contributed by atoms with Crippen LogP contribution in [0.3, 0.4) is 0 Å². The predicted octanol–water partition coefficient (Wildman–Crippen LogP) is 2.56. The van der Waals surface area contributed by atoms with Gasteiger partial charge in [0.25, 0.3) is 5.56 Å². The van der Waals surface area contributed by atoms with Crippen LogP contribution in [0.15, 0.2) is 53.5 Å². The van der Waals surface area contributed by atoms with Gasteiger partial charge in [0, 0.05) is 24.8 Å². The van der Waals surface area contributed by atoms with E-state index in [1.54, 1.807) is 19.2 Å². The van der Waals surface area contributed by atoms with Crippen molar-refractivity contribution in [2.24, 2.45) is 11.7 Å². The molecule has 124 valence electrons. The van der Waals surface area contributed by atoms with Gasteiger partial charge in [0.15, 0.2) is 0 Å². The lowest BCUT2D eigenvalue weighted by Gasteiger charge is -2.20. The molecule has 0 aliphatic carbocycles. The number of nitrogens with zero attached hydrogens (tertiary/aromatic N) is 1. The van der Waals surface area contributed by atoms with E-state index in [1.165, 1.54) is 10.6 Å². The number of halogens is 1. The largest absolute Gasteiger partial charge is 0.324 e. The first-order valence-electron chi connectivity index (χ1n) is 7.34. The van der Waals surface area contributed by atoms with Crippen LogP contribution in [0.4, 0.5) is 5.69 Å². The van der Waals surface area contributed by atoms with Gasteiger partial charge in [-0.1, -0.05) is 37.3 Å². The minimum Gasteiger partial charge on any atom is -0.324 e. The second-order valence-electron chi connectivity index (χ2n) is 5.26. The molecule has 0 saturated heterocycles. The topological polar surface area (TPSA) is 77.1 Å². The zero-order chi connectivity index (χ0) is 16.1. The molecule has 2 unspecified atom stereocenters. The van der Waals surface area contributed by atoms with Gasteiger partial charge in [-0.2, -0.15) is 0 Å². The van der Waals surface area contributed by atoms with Gasteiger partial charge >= 0.3 is 0 Å². The summed E-state index contributed by atoms with van der Waals surface area (Å²) in [5.41, 5.74) is 7.58. The third-order valence-corrected chi connectivity index (χ3v) is 3.73. The number of rotatable bonds is 5. The summed E-state index contributed by atoms with van der Waals surface area (Å²) in [5.74, 6) is -0.554. The van der Waals surface area contributed by atoms with Crippen LogP contribution in [-0.2, 0) is 11.3 Å². The van der Waals surface area contributed by atoms with Gasteiger partial charge in [-0.05, 0) is 18.6 Å². The summed E-state index contributed by atoms with van der Waals surface area (Å²) in [6, 6.07) is 12.2. The second kappa shape index (κ2) is 8.50. The fourth-order valence-electron chi connectivity index (χ4n) is 2.24. The van der Waals surface area contributed by atoms with Gasteiger partial charge in [0.1, 0.15) is 0 Å². The molecule has 5 nitrogen and oxygen atoms in total. The number of anilines is 1. The van der Waals surface area contributed by atoms with E-state index in [2.05, 4.69) is 5.32 Å². The van der Waals surface area contributed by atoms with Crippen molar-refractivity contribution in [2.75, 3.05) is 5.32 Å². The number of carbonyl (C=O) groups excluding carboxylic acids is 1. The number of aryl methyl sites for hydroxylation is 1. The van der Waals surface area contributed by atoms with E-state index in [1.807, 2.05) is 37.3 Å². The number of amides is 1. The fourth-order valence-corrected chi connectivity index (χ4v) is 2.24. The van der Waals surface area contributed by atoms with Crippen LogP contribution in [-0.4, -0.2) is 10.5 Å². The molecule has 6 heteroatoms. The number of aromatic nitrogens is 1. The Labute approximate surface area is 141 Å². The molecule has 2 rings (SSSR count). The van der Waals surface area contributed by atoms with Crippen molar-refractivity contribution in [3.63, 3.8) is 0 Å². The van der Waals surface area contributed by atoms with Crippen molar-refractivity contribution in [2.45, 2.75) is 26.4 Å².